The van der Waals surface area contributed by atoms with Crippen LogP contribution in [0.5, 0.6) is 0 Å². The SMILES string of the molecule is CC1=C(c2ccc(C)c(C)c2)S(=O)(=O)N(Cc2ccc(C(=O)NC(C)C)cc2)C1=O. The summed E-state index contributed by atoms with van der Waals surface area (Å²) in [4.78, 5) is 24.9. The van der Waals surface area contributed by atoms with E-state index in [0.29, 0.717) is 16.7 Å². The van der Waals surface area contributed by atoms with Gasteiger partial charge >= 0.3 is 0 Å². The van der Waals surface area contributed by atoms with Crippen LogP contribution in [0.3, 0.4) is 0 Å². The predicted molar refractivity (Wildman–Crippen MR) is 117 cm³/mol. The van der Waals surface area contributed by atoms with E-state index in [4.69, 9.17) is 0 Å². The van der Waals surface area contributed by atoms with Gasteiger partial charge in [0.25, 0.3) is 21.8 Å². The van der Waals surface area contributed by atoms with Crippen molar-refractivity contribution in [3.63, 3.8) is 0 Å². The van der Waals surface area contributed by atoms with Gasteiger partial charge in [0.1, 0.15) is 4.91 Å². The molecule has 158 valence electrons. The molecule has 0 saturated heterocycles. The van der Waals surface area contributed by atoms with Gasteiger partial charge in [0, 0.05) is 17.2 Å². The molecule has 0 bridgehead atoms. The molecule has 2 amide bonds. The molecule has 6 nitrogen and oxygen atoms in total. The molecule has 3 rings (SSSR count). The van der Waals surface area contributed by atoms with E-state index >= 15 is 0 Å². The third-order valence-corrected chi connectivity index (χ3v) is 7.10. The van der Waals surface area contributed by atoms with Crippen molar-refractivity contribution in [1.29, 1.82) is 0 Å². The lowest BCUT2D eigenvalue weighted by Gasteiger charge is -2.17. The Morgan fingerprint density at radius 1 is 1.00 bits per heavy atom. The number of carbonyl (C=O) groups excluding carboxylic acids is 2. The summed E-state index contributed by atoms with van der Waals surface area (Å²) in [5.74, 6) is -0.721. The van der Waals surface area contributed by atoms with Crippen LogP contribution in [-0.4, -0.2) is 30.6 Å². The lowest BCUT2D eigenvalue weighted by molar-refractivity contribution is -0.122. The van der Waals surface area contributed by atoms with Crippen LogP contribution in [-0.2, 0) is 21.4 Å². The number of benzene rings is 2. The minimum absolute atomic E-state index is 0.0161. The van der Waals surface area contributed by atoms with Gasteiger partial charge in [-0.15, -0.1) is 0 Å². The Labute approximate surface area is 177 Å². The van der Waals surface area contributed by atoms with Crippen molar-refractivity contribution in [3.05, 3.63) is 75.9 Å². The van der Waals surface area contributed by atoms with Crippen LogP contribution >= 0.6 is 0 Å². The van der Waals surface area contributed by atoms with Crippen molar-refractivity contribution in [1.82, 2.24) is 9.62 Å². The molecule has 2 aromatic carbocycles. The van der Waals surface area contributed by atoms with Crippen LogP contribution in [0.15, 0.2) is 48.0 Å². The number of hydrogen-bond donors (Lipinski definition) is 1. The molecule has 0 aromatic heterocycles. The number of nitrogens with one attached hydrogen (secondary N) is 1. The molecular formula is C23H26N2O4S. The highest BCUT2D eigenvalue weighted by Crippen LogP contribution is 2.37. The molecule has 7 heteroatoms. The van der Waals surface area contributed by atoms with Gasteiger partial charge < -0.3 is 5.32 Å². The summed E-state index contributed by atoms with van der Waals surface area (Å²) in [5.41, 5.74) is 3.86. The summed E-state index contributed by atoms with van der Waals surface area (Å²) < 4.78 is 27.3. The Morgan fingerprint density at radius 3 is 2.20 bits per heavy atom. The van der Waals surface area contributed by atoms with Gasteiger partial charge in [0.05, 0.1) is 6.54 Å². The second-order valence-electron chi connectivity index (χ2n) is 7.90. The van der Waals surface area contributed by atoms with Crippen LogP contribution in [0.1, 0.15) is 53.4 Å². The van der Waals surface area contributed by atoms with Crippen molar-refractivity contribution >= 4 is 26.7 Å². The highest BCUT2D eigenvalue weighted by molar-refractivity contribution is 7.99. The smallest absolute Gasteiger partial charge is 0.268 e. The zero-order valence-corrected chi connectivity index (χ0v) is 18.6. The number of aryl methyl sites for hydroxylation is 2. The topological polar surface area (TPSA) is 83.6 Å². The quantitative estimate of drug-likeness (QED) is 0.793. The van der Waals surface area contributed by atoms with Crippen molar-refractivity contribution in [2.75, 3.05) is 0 Å². The summed E-state index contributed by atoms with van der Waals surface area (Å²) >= 11 is 0. The maximum atomic E-state index is 13.2. The second kappa shape index (κ2) is 8.07. The van der Waals surface area contributed by atoms with E-state index in [1.54, 1.807) is 43.3 Å². The largest absolute Gasteiger partial charge is 0.350 e. The maximum Gasteiger partial charge on any atom is 0.268 e. The highest BCUT2D eigenvalue weighted by Gasteiger charge is 2.42. The van der Waals surface area contributed by atoms with E-state index in [9.17, 15) is 18.0 Å². The Hall–Kier alpha value is -2.93. The number of rotatable bonds is 5. The molecule has 1 heterocycles. The number of amides is 2. The van der Waals surface area contributed by atoms with Crippen LogP contribution < -0.4 is 5.32 Å². The molecule has 0 radical (unpaired) electrons. The van der Waals surface area contributed by atoms with Gasteiger partial charge in [-0.3, -0.25) is 9.59 Å². The normalized spacial score (nSPS) is 15.8. The molecule has 0 unspecified atom stereocenters. The summed E-state index contributed by atoms with van der Waals surface area (Å²) in [6.07, 6.45) is 0. The fourth-order valence-corrected chi connectivity index (χ4v) is 5.17. The molecule has 0 aliphatic carbocycles. The third-order valence-electron chi connectivity index (χ3n) is 5.17. The van der Waals surface area contributed by atoms with Gasteiger partial charge in [-0.1, -0.05) is 30.3 Å². The zero-order valence-electron chi connectivity index (χ0n) is 17.8. The van der Waals surface area contributed by atoms with E-state index in [1.165, 1.54) is 0 Å². The van der Waals surface area contributed by atoms with Gasteiger partial charge in [-0.2, -0.15) is 0 Å². The van der Waals surface area contributed by atoms with Crippen LogP contribution in [0.25, 0.3) is 4.91 Å². The monoisotopic (exact) mass is 426 g/mol. The highest BCUT2D eigenvalue weighted by atomic mass is 32.2. The first-order valence-corrected chi connectivity index (χ1v) is 11.2. The van der Waals surface area contributed by atoms with Gasteiger partial charge in [0.15, 0.2) is 0 Å². The van der Waals surface area contributed by atoms with Crippen LogP contribution in [0.4, 0.5) is 0 Å². The van der Waals surface area contributed by atoms with Crippen LogP contribution in [0.2, 0.25) is 0 Å². The minimum Gasteiger partial charge on any atom is -0.350 e. The van der Waals surface area contributed by atoms with Gasteiger partial charge in [-0.25, -0.2) is 12.7 Å². The molecular weight excluding hydrogens is 400 g/mol. The second-order valence-corrected chi connectivity index (χ2v) is 9.69. The molecule has 0 spiro atoms. The number of sulfonamides is 1. The Kier molecular flexibility index (Phi) is 5.85. The first-order valence-electron chi connectivity index (χ1n) is 9.77. The Balaban J connectivity index is 1.87. The van der Waals surface area contributed by atoms with E-state index in [1.807, 2.05) is 33.8 Å². The fraction of sp³-hybridized carbons (Fsp3) is 0.304. The van der Waals surface area contributed by atoms with Crippen molar-refractivity contribution in [3.8, 4) is 0 Å². The third kappa shape index (κ3) is 4.03. The first-order chi connectivity index (χ1) is 14.0. The molecule has 0 saturated carbocycles. The van der Waals surface area contributed by atoms with Gasteiger partial charge in [-0.05, 0) is 69.0 Å². The van der Waals surface area contributed by atoms with Gasteiger partial charge in [0.2, 0.25) is 0 Å². The molecule has 1 N–H and O–H groups in total. The van der Waals surface area contributed by atoms with Crippen molar-refractivity contribution < 1.29 is 18.0 Å². The molecule has 0 fully saturated rings. The summed E-state index contributed by atoms with van der Waals surface area (Å²) in [6, 6.07) is 12.0. The van der Waals surface area contributed by atoms with E-state index in [0.717, 1.165) is 15.4 Å². The number of hydrogen-bond acceptors (Lipinski definition) is 4. The number of nitrogens with zero attached hydrogens (tertiary/aromatic N) is 1. The molecule has 1 aliphatic heterocycles. The summed E-state index contributed by atoms with van der Waals surface area (Å²) in [6.45, 7) is 9.07. The molecule has 0 atom stereocenters. The van der Waals surface area contributed by atoms with E-state index in [-0.39, 0.29) is 29.0 Å². The average molecular weight is 427 g/mol. The lowest BCUT2D eigenvalue weighted by Crippen LogP contribution is -2.31. The molecule has 2 aromatic rings. The summed E-state index contributed by atoms with van der Waals surface area (Å²) in [7, 11) is -3.97. The van der Waals surface area contributed by atoms with E-state index < -0.39 is 15.9 Å². The fourth-order valence-electron chi connectivity index (χ4n) is 3.37. The minimum atomic E-state index is -3.97. The predicted octanol–water partition coefficient (Wildman–Crippen LogP) is 3.54. The van der Waals surface area contributed by atoms with Crippen molar-refractivity contribution in [2.45, 2.75) is 47.2 Å². The first kappa shape index (κ1) is 21.8. The van der Waals surface area contributed by atoms with Crippen molar-refractivity contribution in [2.24, 2.45) is 0 Å². The molecule has 30 heavy (non-hydrogen) atoms. The standard InChI is InChI=1S/C23H26N2O4S/c1-14(2)24-22(26)19-10-7-18(8-11-19)13-25-23(27)17(5)21(30(25,28)29)20-9-6-15(3)16(4)12-20/h6-12,14H,13H2,1-5H3,(H,24,26). The Morgan fingerprint density at radius 2 is 1.63 bits per heavy atom. The number of carbonyl (C=O) groups is 2. The van der Waals surface area contributed by atoms with E-state index in [2.05, 4.69) is 5.32 Å². The average Bonchev–Trinajstić information content (AvgIpc) is 2.83. The maximum absolute atomic E-state index is 13.2. The summed E-state index contributed by atoms with van der Waals surface area (Å²) in [5, 5.41) is 2.80. The lowest BCUT2D eigenvalue weighted by atomic mass is 10.0. The van der Waals surface area contributed by atoms with Crippen LogP contribution in [0, 0.1) is 13.8 Å². The molecule has 1 aliphatic rings. The Bertz CT molecular complexity index is 1150. The zero-order chi connectivity index (χ0) is 22.2.